The standard InChI is InChI=1S/C28H28O2P2.C14H28P2/c1-29-25-17-9-11-19-27(25)31(23-13-5-3-6-14-23)21-22-32(24-15-7-4-8-16-24)28-20-12-10-18-26(28)30-2;1-11-5-6-12(2)15(11)9-10-16-13(3)7-8-14(16)4/h3-20H,21-22H2,1-2H3;11-14H,5-10H2,1-4H3/t31-,32?;11-,12-,13-,14-/m10/s1. The molecule has 48 heavy (non-hydrogen) atoms. The first-order valence-corrected chi connectivity index (χ1v) is 24.2. The van der Waals surface area contributed by atoms with Crippen molar-refractivity contribution >= 4 is 52.9 Å². The third-order valence-corrected chi connectivity index (χ3v) is 23.2. The summed E-state index contributed by atoms with van der Waals surface area (Å²) in [4.78, 5) is 0. The summed E-state index contributed by atoms with van der Waals surface area (Å²) in [5.41, 5.74) is 4.31. The van der Waals surface area contributed by atoms with E-state index in [2.05, 4.69) is 125 Å². The SMILES string of the molecule is COc1ccccc1P(CC[P@](c1ccccc1)c1ccccc1OC)c1ccccc1.C[C@H]1CC[C@H](C)P1CCP1[C@@H](C)CC[C@@H]1C. The summed E-state index contributed by atoms with van der Waals surface area (Å²) in [6.07, 6.45) is 11.5. The van der Waals surface area contributed by atoms with Crippen LogP contribution in [0.4, 0.5) is 0 Å². The van der Waals surface area contributed by atoms with Gasteiger partial charge in [0.2, 0.25) is 0 Å². The summed E-state index contributed by atoms with van der Waals surface area (Å²) in [6.45, 7) is 10.1. The van der Waals surface area contributed by atoms with E-state index in [1.807, 2.05) is 12.1 Å². The first-order valence-electron chi connectivity index (χ1n) is 17.8. The predicted molar refractivity (Wildman–Crippen MR) is 221 cm³/mol. The number of benzene rings is 4. The van der Waals surface area contributed by atoms with Crippen LogP contribution < -0.4 is 30.7 Å². The molecule has 0 N–H and O–H groups in total. The number of para-hydroxylation sites is 2. The van der Waals surface area contributed by atoms with Crippen LogP contribution in [0.5, 0.6) is 11.5 Å². The van der Waals surface area contributed by atoms with Gasteiger partial charge in [0.25, 0.3) is 0 Å². The van der Waals surface area contributed by atoms with Crippen molar-refractivity contribution in [3.05, 3.63) is 109 Å². The van der Waals surface area contributed by atoms with Crippen LogP contribution in [0.3, 0.4) is 0 Å². The van der Waals surface area contributed by atoms with Crippen LogP contribution in [-0.4, -0.2) is 61.5 Å². The van der Waals surface area contributed by atoms with Gasteiger partial charge in [-0.2, -0.15) is 0 Å². The highest BCUT2D eigenvalue weighted by atomic mass is 31.1. The Hall–Kier alpha value is -1.80. The van der Waals surface area contributed by atoms with E-state index >= 15 is 0 Å². The van der Waals surface area contributed by atoms with E-state index in [4.69, 9.17) is 9.47 Å². The van der Waals surface area contributed by atoms with Gasteiger partial charge >= 0.3 is 0 Å². The molecule has 2 nitrogen and oxygen atoms in total. The van der Waals surface area contributed by atoms with Gasteiger partial charge in [-0.15, -0.1) is 15.8 Å². The molecular weight excluding hydrogens is 660 g/mol. The molecule has 0 saturated carbocycles. The molecule has 0 radical (unpaired) electrons. The van der Waals surface area contributed by atoms with Gasteiger partial charge in [-0.05, 0) is 112 Å². The Morgan fingerprint density at radius 3 is 1.12 bits per heavy atom. The molecule has 0 amide bonds. The minimum atomic E-state index is -0.554. The van der Waals surface area contributed by atoms with E-state index in [9.17, 15) is 0 Å². The van der Waals surface area contributed by atoms with E-state index in [0.29, 0.717) is 15.8 Å². The molecule has 6 heteroatoms. The quantitative estimate of drug-likeness (QED) is 0.136. The molecule has 4 aromatic carbocycles. The number of hydrogen-bond acceptors (Lipinski definition) is 2. The fourth-order valence-corrected chi connectivity index (χ4v) is 20.4. The largest absolute Gasteiger partial charge is 0.496 e. The highest BCUT2D eigenvalue weighted by Gasteiger charge is 2.33. The van der Waals surface area contributed by atoms with E-state index < -0.39 is 15.8 Å². The van der Waals surface area contributed by atoms with Crippen LogP contribution >= 0.6 is 31.7 Å². The Labute approximate surface area is 296 Å². The molecule has 6 rings (SSSR count). The van der Waals surface area contributed by atoms with Gasteiger partial charge in [-0.25, -0.2) is 0 Å². The highest BCUT2D eigenvalue weighted by Crippen LogP contribution is 2.61. The number of hydrogen-bond donors (Lipinski definition) is 0. The van der Waals surface area contributed by atoms with Crippen molar-refractivity contribution in [3.63, 3.8) is 0 Å². The van der Waals surface area contributed by atoms with Gasteiger partial charge in [-0.1, -0.05) is 125 Å². The van der Waals surface area contributed by atoms with E-state index in [1.165, 1.54) is 46.9 Å². The molecule has 256 valence electrons. The van der Waals surface area contributed by atoms with E-state index in [-0.39, 0.29) is 0 Å². The van der Waals surface area contributed by atoms with Gasteiger partial charge < -0.3 is 9.47 Å². The summed E-state index contributed by atoms with van der Waals surface area (Å²) in [5, 5.41) is 5.38. The highest BCUT2D eigenvalue weighted by molar-refractivity contribution is 7.76. The van der Waals surface area contributed by atoms with Crippen molar-refractivity contribution in [1.82, 2.24) is 0 Å². The minimum absolute atomic E-state index is 0.394. The molecule has 6 atom stereocenters. The van der Waals surface area contributed by atoms with E-state index in [1.54, 1.807) is 26.5 Å². The fourth-order valence-electron chi connectivity index (χ4n) is 7.51. The number of methoxy groups -OCH3 is 2. The van der Waals surface area contributed by atoms with Gasteiger partial charge in [0.1, 0.15) is 11.5 Å². The van der Waals surface area contributed by atoms with Crippen LogP contribution in [0.2, 0.25) is 0 Å². The van der Waals surface area contributed by atoms with Crippen molar-refractivity contribution in [2.75, 3.05) is 38.9 Å². The van der Waals surface area contributed by atoms with Crippen molar-refractivity contribution in [2.24, 2.45) is 0 Å². The first-order chi connectivity index (χ1) is 23.4. The maximum Gasteiger partial charge on any atom is 0.126 e. The molecule has 0 aromatic heterocycles. The summed E-state index contributed by atoms with van der Waals surface area (Å²) >= 11 is 0. The second-order valence-electron chi connectivity index (χ2n) is 13.3. The molecule has 2 heterocycles. The van der Waals surface area contributed by atoms with Gasteiger partial charge in [0.05, 0.1) is 14.2 Å². The van der Waals surface area contributed by atoms with Gasteiger partial charge in [0.15, 0.2) is 0 Å². The summed E-state index contributed by atoms with van der Waals surface area (Å²) in [5.74, 6) is 1.95. The second kappa shape index (κ2) is 19.0. The fraction of sp³-hybridized carbons (Fsp3) is 0.429. The topological polar surface area (TPSA) is 18.5 Å². The smallest absolute Gasteiger partial charge is 0.126 e. The molecule has 0 aliphatic carbocycles. The molecule has 1 unspecified atom stereocenters. The van der Waals surface area contributed by atoms with Crippen molar-refractivity contribution in [2.45, 2.75) is 76.0 Å². The minimum Gasteiger partial charge on any atom is -0.496 e. The summed E-state index contributed by atoms with van der Waals surface area (Å²) < 4.78 is 11.5. The third kappa shape index (κ3) is 9.70. The van der Waals surface area contributed by atoms with Crippen LogP contribution in [0, 0.1) is 0 Å². The van der Waals surface area contributed by atoms with Crippen LogP contribution in [0.15, 0.2) is 109 Å². The molecule has 2 saturated heterocycles. The lowest BCUT2D eigenvalue weighted by molar-refractivity contribution is 0.418. The normalized spacial score (nSPS) is 22.5. The van der Waals surface area contributed by atoms with Crippen LogP contribution in [0.25, 0.3) is 0 Å². The van der Waals surface area contributed by atoms with E-state index in [0.717, 1.165) is 46.5 Å². The Balaban J connectivity index is 0.000000236. The molecule has 4 aromatic rings. The van der Waals surface area contributed by atoms with Crippen LogP contribution in [-0.2, 0) is 0 Å². The maximum absolute atomic E-state index is 5.76. The number of ether oxygens (including phenoxy) is 2. The molecule has 2 aliphatic rings. The lowest BCUT2D eigenvalue weighted by atomic mass is 10.2. The Kier molecular flexibility index (Phi) is 14.8. The van der Waals surface area contributed by atoms with Gasteiger partial charge in [-0.3, -0.25) is 0 Å². The molecule has 0 bridgehead atoms. The predicted octanol–water partition coefficient (Wildman–Crippen LogP) is 10.4. The Morgan fingerprint density at radius 1 is 0.479 bits per heavy atom. The lowest BCUT2D eigenvalue weighted by Crippen LogP contribution is -2.21. The summed E-state index contributed by atoms with van der Waals surface area (Å²) in [7, 11) is 3.21. The average Bonchev–Trinajstić information content (AvgIpc) is 3.63. The van der Waals surface area contributed by atoms with Crippen molar-refractivity contribution in [1.29, 1.82) is 0 Å². The summed E-state index contributed by atoms with van der Waals surface area (Å²) in [6, 6.07) is 38.7. The van der Waals surface area contributed by atoms with Crippen molar-refractivity contribution < 1.29 is 9.47 Å². The second-order valence-corrected chi connectivity index (χ2v) is 24.4. The molecule has 2 fully saturated rings. The Morgan fingerprint density at radius 2 is 0.792 bits per heavy atom. The number of rotatable bonds is 12. The molecule has 0 spiro atoms. The molecular formula is C42H56O2P4. The molecule has 2 aliphatic heterocycles. The average molecular weight is 717 g/mol. The zero-order chi connectivity index (χ0) is 33.9. The third-order valence-electron chi connectivity index (χ3n) is 10.3. The lowest BCUT2D eigenvalue weighted by Gasteiger charge is -2.26. The van der Waals surface area contributed by atoms with Crippen LogP contribution in [0.1, 0.15) is 53.4 Å². The Bertz CT molecular complexity index is 1380. The van der Waals surface area contributed by atoms with Crippen molar-refractivity contribution in [3.8, 4) is 11.5 Å². The monoisotopic (exact) mass is 716 g/mol. The van der Waals surface area contributed by atoms with Gasteiger partial charge in [0, 0.05) is 10.6 Å². The first kappa shape index (κ1) is 37.5. The zero-order valence-electron chi connectivity index (χ0n) is 30.0. The zero-order valence-corrected chi connectivity index (χ0v) is 33.5. The maximum atomic E-state index is 5.76.